The van der Waals surface area contributed by atoms with Crippen LogP contribution in [0.1, 0.15) is 32.1 Å². The smallest absolute Gasteiger partial charge is 0.305 e. The first-order valence-electron chi connectivity index (χ1n) is 6.16. The third kappa shape index (κ3) is 3.83. The Balaban J connectivity index is 0.00000144. The highest BCUT2D eigenvalue weighted by molar-refractivity contribution is 5.85. The van der Waals surface area contributed by atoms with Crippen LogP contribution in [-0.4, -0.2) is 38.4 Å². The molecule has 17 heavy (non-hydrogen) atoms. The molecule has 2 aliphatic rings. The van der Waals surface area contributed by atoms with Gasteiger partial charge in [0, 0.05) is 0 Å². The molecule has 2 aliphatic heterocycles. The lowest BCUT2D eigenvalue weighted by atomic mass is 9.81. The van der Waals surface area contributed by atoms with Crippen LogP contribution in [0.3, 0.4) is 0 Å². The molecule has 0 aromatic rings. The lowest BCUT2D eigenvalue weighted by molar-refractivity contribution is -0.148. The highest BCUT2D eigenvalue weighted by Gasteiger charge is 2.37. The predicted octanol–water partition coefficient (Wildman–Crippen LogP) is 1.52. The molecule has 0 radical (unpaired) electrons. The molecule has 1 N–H and O–H groups in total. The van der Waals surface area contributed by atoms with Crippen molar-refractivity contribution in [1.82, 2.24) is 5.32 Å². The zero-order valence-electron chi connectivity index (χ0n) is 10.4. The van der Waals surface area contributed by atoms with Crippen LogP contribution in [0.25, 0.3) is 0 Å². The lowest BCUT2D eigenvalue weighted by Gasteiger charge is -2.42. The second kappa shape index (κ2) is 6.57. The van der Waals surface area contributed by atoms with E-state index in [-0.39, 0.29) is 24.0 Å². The van der Waals surface area contributed by atoms with Gasteiger partial charge in [-0.3, -0.25) is 4.79 Å². The topological polar surface area (TPSA) is 47.6 Å². The van der Waals surface area contributed by atoms with Gasteiger partial charge in [-0.2, -0.15) is 0 Å². The van der Waals surface area contributed by atoms with E-state index in [0.29, 0.717) is 12.3 Å². The minimum atomic E-state index is -0.116. The van der Waals surface area contributed by atoms with Crippen molar-refractivity contribution in [2.75, 3.05) is 26.8 Å². The van der Waals surface area contributed by atoms with Crippen molar-refractivity contribution in [3.8, 4) is 0 Å². The van der Waals surface area contributed by atoms with Gasteiger partial charge in [0.25, 0.3) is 0 Å². The fourth-order valence-corrected chi connectivity index (χ4v) is 2.67. The van der Waals surface area contributed by atoms with Gasteiger partial charge in [-0.25, -0.2) is 0 Å². The third-order valence-electron chi connectivity index (χ3n) is 3.83. The number of carbonyl (C=O) groups excluding carboxylic acids is 1. The zero-order chi connectivity index (χ0) is 11.4. The maximum Gasteiger partial charge on any atom is 0.305 e. The summed E-state index contributed by atoms with van der Waals surface area (Å²) >= 11 is 0. The van der Waals surface area contributed by atoms with E-state index < -0.39 is 0 Å². The molecule has 5 heteroatoms. The molecule has 2 rings (SSSR count). The highest BCUT2D eigenvalue weighted by Crippen LogP contribution is 2.35. The van der Waals surface area contributed by atoms with E-state index >= 15 is 0 Å². The fourth-order valence-electron chi connectivity index (χ4n) is 2.67. The quantitative estimate of drug-likeness (QED) is 0.768. The summed E-state index contributed by atoms with van der Waals surface area (Å²) in [5.74, 6) is 0.239. The van der Waals surface area contributed by atoms with Crippen LogP contribution in [0.4, 0.5) is 0 Å². The summed E-state index contributed by atoms with van der Waals surface area (Å²) < 4.78 is 10.7. The number of hydrogen-bond donors (Lipinski definition) is 1. The van der Waals surface area contributed by atoms with Crippen molar-refractivity contribution >= 4 is 18.4 Å². The summed E-state index contributed by atoms with van der Waals surface area (Å²) in [6, 6.07) is 0. The van der Waals surface area contributed by atoms with E-state index in [4.69, 9.17) is 4.74 Å². The van der Waals surface area contributed by atoms with Crippen molar-refractivity contribution in [3.63, 3.8) is 0 Å². The summed E-state index contributed by atoms with van der Waals surface area (Å²) in [6.45, 7) is 2.83. The first kappa shape index (κ1) is 14.7. The van der Waals surface area contributed by atoms with Crippen LogP contribution in [0.2, 0.25) is 0 Å². The summed E-state index contributed by atoms with van der Waals surface area (Å²) in [5, 5.41) is 3.35. The monoisotopic (exact) mass is 263 g/mol. The van der Waals surface area contributed by atoms with E-state index in [2.05, 4.69) is 10.1 Å². The van der Waals surface area contributed by atoms with Gasteiger partial charge in [0.1, 0.15) is 0 Å². The van der Waals surface area contributed by atoms with Crippen LogP contribution in [-0.2, 0) is 14.3 Å². The van der Waals surface area contributed by atoms with Crippen LogP contribution in [0.15, 0.2) is 0 Å². The van der Waals surface area contributed by atoms with Crippen molar-refractivity contribution in [3.05, 3.63) is 0 Å². The molecular weight excluding hydrogens is 242 g/mol. The standard InChI is InChI=1S/C12H21NO3.ClH/c1-15-11(14)8-10-2-3-12(16-9-10)4-6-13-7-5-12;/h10,13H,2-9H2,1H3;1H. The number of methoxy groups -OCH3 is 1. The number of rotatable bonds is 2. The van der Waals surface area contributed by atoms with Gasteiger partial charge in [-0.1, -0.05) is 0 Å². The van der Waals surface area contributed by atoms with Gasteiger partial charge < -0.3 is 14.8 Å². The largest absolute Gasteiger partial charge is 0.469 e. The van der Waals surface area contributed by atoms with E-state index in [1.165, 1.54) is 7.11 Å². The normalized spacial score (nSPS) is 27.2. The number of esters is 1. The molecule has 2 fully saturated rings. The van der Waals surface area contributed by atoms with E-state index in [1.54, 1.807) is 0 Å². The van der Waals surface area contributed by atoms with Crippen molar-refractivity contribution in [1.29, 1.82) is 0 Å². The molecule has 1 unspecified atom stereocenters. The van der Waals surface area contributed by atoms with E-state index in [1.807, 2.05) is 0 Å². The number of ether oxygens (including phenoxy) is 2. The van der Waals surface area contributed by atoms with Crippen molar-refractivity contribution < 1.29 is 14.3 Å². The molecule has 1 atom stereocenters. The molecule has 2 saturated heterocycles. The summed E-state index contributed by atoms with van der Waals surface area (Å²) in [6.07, 6.45) is 4.91. The SMILES string of the molecule is COC(=O)CC1CCC2(CCNCC2)OC1.Cl. The minimum absolute atomic E-state index is 0. The molecule has 0 aromatic carbocycles. The Morgan fingerprint density at radius 1 is 1.41 bits per heavy atom. The maximum atomic E-state index is 11.2. The molecule has 0 saturated carbocycles. The Kier molecular flexibility index (Phi) is 5.70. The summed E-state index contributed by atoms with van der Waals surface area (Å²) in [4.78, 5) is 11.2. The minimum Gasteiger partial charge on any atom is -0.469 e. The fraction of sp³-hybridized carbons (Fsp3) is 0.917. The van der Waals surface area contributed by atoms with Crippen LogP contribution >= 0.6 is 12.4 Å². The predicted molar refractivity (Wildman–Crippen MR) is 67.4 cm³/mol. The maximum absolute atomic E-state index is 11.2. The first-order chi connectivity index (χ1) is 7.74. The van der Waals surface area contributed by atoms with Crippen LogP contribution in [0, 0.1) is 5.92 Å². The third-order valence-corrected chi connectivity index (χ3v) is 3.83. The van der Waals surface area contributed by atoms with Crippen molar-refractivity contribution in [2.24, 2.45) is 5.92 Å². The Bertz CT molecular complexity index is 244. The summed E-state index contributed by atoms with van der Waals surface area (Å²) in [7, 11) is 1.44. The Morgan fingerprint density at radius 3 is 2.65 bits per heavy atom. The molecule has 4 nitrogen and oxygen atoms in total. The lowest BCUT2D eigenvalue weighted by Crippen LogP contribution is -2.47. The number of halogens is 1. The molecule has 1 spiro atoms. The second-order valence-corrected chi connectivity index (χ2v) is 4.93. The molecule has 0 bridgehead atoms. The zero-order valence-corrected chi connectivity index (χ0v) is 11.2. The van der Waals surface area contributed by atoms with Crippen molar-refractivity contribution in [2.45, 2.75) is 37.7 Å². The van der Waals surface area contributed by atoms with Gasteiger partial charge in [-0.15, -0.1) is 12.4 Å². The second-order valence-electron chi connectivity index (χ2n) is 4.93. The summed E-state index contributed by atoms with van der Waals surface area (Å²) in [5.41, 5.74) is 0.109. The first-order valence-corrected chi connectivity index (χ1v) is 6.16. The molecule has 2 heterocycles. The molecule has 0 aliphatic carbocycles. The molecule has 0 aromatic heterocycles. The van der Waals surface area contributed by atoms with Gasteiger partial charge >= 0.3 is 5.97 Å². The van der Waals surface area contributed by atoms with Crippen LogP contribution in [0.5, 0.6) is 0 Å². The van der Waals surface area contributed by atoms with Gasteiger partial charge in [0.15, 0.2) is 0 Å². The Hall–Kier alpha value is -0.320. The molecule has 100 valence electrons. The number of hydrogen-bond acceptors (Lipinski definition) is 4. The Labute approximate surface area is 109 Å². The highest BCUT2D eigenvalue weighted by atomic mass is 35.5. The van der Waals surface area contributed by atoms with E-state index in [9.17, 15) is 4.79 Å². The van der Waals surface area contributed by atoms with Gasteiger partial charge in [0.05, 0.1) is 25.7 Å². The number of nitrogens with one attached hydrogen (secondary N) is 1. The van der Waals surface area contributed by atoms with Gasteiger partial charge in [-0.05, 0) is 44.7 Å². The molecular formula is C12H22ClNO3. The van der Waals surface area contributed by atoms with Crippen LogP contribution < -0.4 is 5.32 Å². The van der Waals surface area contributed by atoms with Gasteiger partial charge in [0.2, 0.25) is 0 Å². The average Bonchev–Trinajstić information content (AvgIpc) is 2.33. The van der Waals surface area contributed by atoms with E-state index in [0.717, 1.165) is 45.4 Å². The average molecular weight is 264 g/mol. The number of piperidine rings is 1. The Morgan fingerprint density at radius 2 is 2.12 bits per heavy atom. The molecule has 0 amide bonds. The number of carbonyl (C=O) groups is 1.